The zero-order valence-corrected chi connectivity index (χ0v) is 17.1. The third-order valence-electron chi connectivity index (χ3n) is 4.53. The van der Waals surface area contributed by atoms with Gasteiger partial charge in [-0.25, -0.2) is 9.78 Å². The highest BCUT2D eigenvalue weighted by Crippen LogP contribution is 2.31. The van der Waals surface area contributed by atoms with E-state index in [9.17, 15) is 4.79 Å². The SMILES string of the molecule is CCOC(=O)N(Oc1cccc(Cn2cnc3ccccc32)c1Cl)c1ccccc1. The van der Waals surface area contributed by atoms with E-state index in [2.05, 4.69) is 4.98 Å². The number of amides is 1. The lowest BCUT2D eigenvalue weighted by atomic mass is 10.2. The van der Waals surface area contributed by atoms with Gasteiger partial charge in [-0.05, 0) is 42.8 Å². The molecule has 3 aromatic carbocycles. The zero-order chi connectivity index (χ0) is 20.9. The summed E-state index contributed by atoms with van der Waals surface area (Å²) in [6.45, 7) is 2.48. The van der Waals surface area contributed by atoms with Gasteiger partial charge >= 0.3 is 6.09 Å². The first-order valence-electron chi connectivity index (χ1n) is 9.54. The van der Waals surface area contributed by atoms with E-state index in [0.717, 1.165) is 21.7 Å². The van der Waals surface area contributed by atoms with Crippen molar-refractivity contribution in [1.29, 1.82) is 0 Å². The van der Waals surface area contributed by atoms with Gasteiger partial charge in [0.25, 0.3) is 0 Å². The fraction of sp³-hybridized carbons (Fsp3) is 0.130. The lowest BCUT2D eigenvalue weighted by Crippen LogP contribution is -2.35. The summed E-state index contributed by atoms with van der Waals surface area (Å²) in [5.74, 6) is 0.357. The average Bonchev–Trinajstić information content (AvgIpc) is 3.18. The number of hydrogen-bond acceptors (Lipinski definition) is 4. The molecule has 0 N–H and O–H groups in total. The summed E-state index contributed by atoms with van der Waals surface area (Å²) in [6, 6.07) is 22.4. The van der Waals surface area contributed by atoms with Crippen molar-refractivity contribution in [2.75, 3.05) is 11.7 Å². The molecule has 0 aliphatic heterocycles. The standard InChI is InChI=1S/C23H20ClN3O3/c1-2-29-23(28)27(18-10-4-3-5-11-18)30-21-14-8-9-17(22(21)24)15-26-16-25-19-12-6-7-13-20(19)26/h3-14,16H,2,15H2,1H3. The number of hydroxylamine groups is 1. The highest BCUT2D eigenvalue weighted by atomic mass is 35.5. The monoisotopic (exact) mass is 421 g/mol. The molecule has 0 saturated carbocycles. The highest BCUT2D eigenvalue weighted by molar-refractivity contribution is 6.32. The molecule has 0 fully saturated rings. The zero-order valence-electron chi connectivity index (χ0n) is 16.4. The molecular weight excluding hydrogens is 402 g/mol. The Morgan fingerprint density at radius 3 is 2.60 bits per heavy atom. The van der Waals surface area contributed by atoms with Gasteiger partial charge in [0.2, 0.25) is 0 Å². The number of carbonyl (C=O) groups is 1. The summed E-state index contributed by atoms with van der Waals surface area (Å²) in [5.41, 5.74) is 3.31. The van der Waals surface area contributed by atoms with E-state index >= 15 is 0 Å². The molecular formula is C23H20ClN3O3. The summed E-state index contributed by atoms with van der Waals surface area (Å²) < 4.78 is 7.16. The van der Waals surface area contributed by atoms with Crippen molar-refractivity contribution in [3.8, 4) is 5.75 Å². The predicted molar refractivity (Wildman–Crippen MR) is 117 cm³/mol. The van der Waals surface area contributed by atoms with Gasteiger partial charge < -0.3 is 14.1 Å². The van der Waals surface area contributed by atoms with E-state index in [1.807, 2.05) is 59.2 Å². The van der Waals surface area contributed by atoms with Crippen LogP contribution in [-0.4, -0.2) is 22.3 Å². The minimum atomic E-state index is -0.620. The van der Waals surface area contributed by atoms with Crippen LogP contribution in [0.4, 0.5) is 10.5 Å². The molecule has 0 unspecified atom stereocenters. The quantitative estimate of drug-likeness (QED) is 0.375. The smallest absolute Gasteiger partial charge is 0.447 e. The maximum Gasteiger partial charge on any atom is 0.448 e. The van der Waals surface area contributed by atoms with Crippen molar-refractivity contribution >= 4 is 34.4 Å². The van der Waals surface area contributed by atoms with Gasteiger partial charge in [0.1, 0.15) is 0 Å². The molecule has 30 heavy (non-hydrogen) atoms. The number of fused-ring (bicyclic) bond motifs is 1. The van der Waals surface area contributed by atoms with Crippen LogP contribution in [0, 0.1) is 0 Å². The maximum absolute atomic E-state index is 12.5. The van der Waals surface area contributed by atoms with Crippen LogP contribution < -0.4 is 9.90 Å². The molecule has 4 rings (SSSR count). The molecule has 0 atom stereocenters. The molecule has 0 aliphatic carbocycles. The molecule has 152 valence electrons. The van der Waals surface area contributed by atoms with Crippen LogP contribution in [0.2, 0.25) is 5.02 Å². The molecule has 1 heterocycles. The van der Waals surface area contributed by atoms with Gasteiger partial charge in [0.15, 0.2) is 5.75 Å². The number of benzene rings is 3. The number of carbonyl (C=O) groups excluding carboxylic acids is 1. The van der Waals surface area contributed by atoms with Crippen molar-refractivity contribution in [2.45, 2.75) is 13.5 Å². The summed E-state index contributed by atoms with van der Waals surface area (Å²) in [7, 11) is 0. The molecule has 1 aromatic heterocycles. The Morgan fingerprint density at radius 1 is 1.03 bits per heavy atom. The molecule has 6 nitrogen and oxygen atoms in total. The minimum absolute atomic E-state index is 0.229. The van der Waals surface area contributed by atoms with Gasteiger partial charge in [-0.15, -0.1) is 5.06 Å². The van der Waals surface area contributed by atoms with Crippen LogP contribution in [0.3, 0.4) is 0 Å². The second-order valence-corrected chi connectivity index (χ2v) is 6.89. The largest absolute Gasteiger partial charge is 0.448 e. The number of anilines is 1. The molecule has 7 heteroatoms. The molecule has 0 saturated heterocycles. The van der Waals surface area contributed by atoms with E-state index in [1.165, 1.54) is 0 Å². The lowest BCUT2D eigenvalue weighted by Gasteiger charge is -2.22. The molecule has 0 radical (unpaired) electrons. The third kappa shape index (κ3) is 4.09. The van der Waals surface area contributed by atoms with Crippen molar-refractivity contribution in [3.05, 3.63) is 89.7 Å². The van der Waals surface area contributed by atoms with Gasteiger partial charge in [0, 0.05) is 0 Å². The normalized spacial score (nSPS) is 10.7. The minimum Gasteiger partial charge on any atom is -0.447 e. The Bertz CT molecular complexity index is 1160. The van der Waals surface area contributed by atoms with Crippen LogP contribution in [0.25, 0.3) is 11.0 Å². The molecule has 0 bridgehead atoms. The Labute approximate surface area is 179 Å². The Balaban J connectivity index is 1.63. The Hall–Kier alpha value is -3.51. The number of aromatic nitrogens is 2. The summed E-state index contributed by atoms with van der Waals surface area (Å²) in [4.78, 5) is 22.8. The van der Waals surface area contributed by atoms with Gasteiger partial charge in [-0.1, -0.05) is 54.1 Å². The fourth-order valence-corrected chi connectivity index (χ4v) is 3.33. The summed E-state index contributed by atoms with van der Waals surface area (Å²) >= 11 is 6.65. The van der Waals surface area contributed by atoms with Crippen LogP contribution >= 0.6 is 11.6 Å². The van der Waals surface area contributed by atoms with E-state index < -0.39 is 6.09 Å². The van der Waals surface area contributed by atoms with Crippen LogP contribution in [0.5, 0.6) is 5.75 Å². The molecule has 1 amide bonds. The predicted octanol–water partition coefficient (Wildman–Crippen LogP) is 5.69. The van der Waals surface area contributed by atoms with Crippen molar-refractivity contribution in [1.82, 2.24) is 9.55 Å². The number of ether oxygens (including phenoxy) is 1. The van der Waals surface area contributed by atoms with Gasteiger partial charge in [-0.2, -0.15) is 0 Å². The first kappa shape index (κ1) is 19.8. The van der Waals surface area contributed by atoms with E-state index in [-0.39, 0.29) is 6.61 Å². The Morgan fingerprint density at radius 2 is 1.80 bits per heavy atom. The second kappa shape index (κ2) is 8.88. The van der Waals surface area contributed by atoms with Gasteiger partial charge in [-0.3, -0.25) is 0 Å². The van der Waals surface area contributed by atoms with Crippen LogP contribution in [-0.2, 0) is 11.3 Å². The van der Waals surface area contributed by atoms with Crippen LogP contribution in [0.1, 0.15) is 12.5 Å². The van der Waals surface area contributed by atoms with Crippen molar-refractivity contribution in [2.24, 2.45) is 0 Å². The Kier molecular flexibility index (Phi) is 5.86. The molecule has 4 aromatic rings. The first-order valence-corrected chi connectivity index (χ1v) is 9.92. The fourth-order valence-electron chi connectivity index (χ4n) is 3.11. The van der Waals surface area contributed by atoms with Crippen molar-refractivity contribution in [3.63, 3.8) is 0 Å². The number of nitrogens with zero attached hydrogens (tertiary/aromatic N) is 3. The number of imidazole rings is 1. The summed E-state index contributed by atoms with van der Waals surface area (Å²) in [6.07, 6.45) is 1.16. The summed E-state index contributed by atoms with van der Waals surface area (Å²) in [5, 5.41) is 1.52. The van der Waals surface area contributed by atoms with E-state index in [0.29, 0.717) is 23.0 Å². The van der Waals surface area contributed by atoms with Crippen LogP contribution in [0.15, 0.2) is 79.1 Å². The number of hydrogen-bond donors (Lipinski definition) is 0. The second-order valence-electron chi connectivity index (χ2n) is 6.51. The highest BCUT2D eigenvalue weighted by Gasteiger charge is 2.21. The lowest BCUT2D eigenvalue weighted by molar-refractivity contribution is 0.131. The van der Waals surface area contributed by atoms with Crippen molar-refractivity contribution < 1.29 is 14.4 Å². The topological polar surface area (TPSA) is 56.6 Å². The number of rotatable bonds is 6. The third-order valence-corrected chi connectivity index (χ3v) is 4.95. The van der Waals surface area contributed by atoms with Gasteiger partial charge in [0.05, 0.1) is 41.2 Å². The maximum atomic E-state index is 12.5. The number of para-hydroxylation sites is 3. The van der Waals surface area contributed by atoms with E-state index in [4.69, 9.17) is 21.2 Å². The number of halogens is 1. The first-order chi connectivity index (χ1) is 14.7. The van der Waals surface area contributed by atoms with E-state index in [1.54, 1.807) is 31.5 Å². The molecule has 0 spiro atoms. The average molecular weight is 422 g/mol. The molecule has 0 aliphatic rings.